The van der Waals surface area contributed by atoms with Gasteiger partial charge in [0.15, 0.2) is 5.16 Å². The number of carbonyl (C=O) groups is 1. The fourth-order valence-electron chi connectivity index (χ4n) is 1.51. The molecule has 0 aliphatic heterocycles. The van der Waals surface area contributed by atoms with E-state index in [1.54, 1.807) is 25.2 Å². The van der Waals surface area contributed by atoms with Gasteiger partial charge in [-0.25, -0.2) is 14.3 Å². The normalized spacial score (nSPS) is 10.6. The second-order valence-corrected chi connectivity index (χ2v) is 4.91. The maximum absolute atomic E-state index is 13.4. The van der Waals surface area contributed by atoms with Crippen LogP contribution in [0.1, 0.15) is 5.56 Å². The number of ketones is 1. The first-order valence-electron chi connectivity index (χ1n) is 5.57. The van der Waals surface area contributed by atoms with Crippen molar-refractivity contribution in [1.82, 2.24) is 14.8 Å². The molecule has 2 aromatic rings. The molecule has 1 aromatic heterocycles. The molecule has 2 rings (SSSR count). The molecule has 0 atom stereocenters. The zero-order valence-electron chi connectivity index (χ0n) is 10.2. The van der Waals surface area contributed by atoms with Gasteiger partial charge in [-0.3, -0.25) is 9.36 Å². The van der Waals surface area contributed by atoms with Crippen LogP contribution in [-0.4, -0.2) is 26.3 Å². The quantitative estimate of drug-likeness (QED) is 0.835. The highest BCUT2D eigenvalue weighted by Crippen LogP contribution is 2.14. The lowest BCUT2D eigenvalue weighted by Crippen LogP contribution is -2.13. The summed E-state index contributed by atoms with van der Waals surface area (Å²) in [6.07, 6.45) is 0.0397. The molecule has 1 heterocycles. The number of aromatic nitrogens is 3. The topological polar surface area (TPSA) is 67.8 Å². The molecule has 0 saturated heterocycles. The summed E-state index contributed by atoms with van der Waals surface area (Å²) in [5.41, 5.74) is 0.0491. The van der Waals surface area contributed by atoms with Crippen molar-refractivity contribution in [3.05, 3.63) is 46.1 Å². The number of nitrogens with one attached hydrogen (secondary N) is 1. The Kier molecular flexibility index (Phi) is 4.16. The van der Waals surface area contributed by atoms with Crippen LogP contribution < -0.4 is 5.69 Å². The van der Waals surface area contributed by atoms with E-state index in [4.69, 9.17) is 0 Å². The number of aromatic amines is 1. The van der Waals surface area contributed by atoms with Crippen LogP contribution in [0.5, 0.6) is 0 Å². The van der Waals surface area contributed by atoms with Crippen LogP contribution in [0, 0.1) is 5.82 Å². The fourth-order valence-corrected chi connectivity index (χ4v) is 2.29. The van der Waals surface area contributed by atoms with Gasteiger partial charge in [0.05, 0.1) is 5.75 Å². The number of carbonyl (C=O) groups excluding carboxylic acids is 1. The minimum Gasteiger partial charge on any atom is -0.298 e. The molecular weight excluding hydrogens is 269 g/mol. The molecule has 100 valence electrons. The van der Waals surface area contributed by atoms with Gasteiger partial charge in [0.1, 0.15) is 11.6 Å². The number of Topliss-reactive ketones (excluding diaryl/α,β-unsaturated/α-hetero) is 1. The van der Waals surface area contributed by atoms with Crippen molar-refractivity contribution in [2.45, 2.75) is 11.6 Å². The minimum absolute atomic E-state index is 0.0397. The zero-order valence-corrected chi connectivity index (χ0v) is 11.0. The third kappa shape index (κ3) is 3.31. The zero-order chi connectivity index (χ0) is 13.8. The Morgan fingerprint density at radius 1 is 1.47 bits per heavy atom. The number of hydrogen-bond acceptors (Lipinski definition) is 4. The van der Waals surface area contributed by atoms with E-state index in [1.165, 1.54) is 10.6 Å². The van der Waals surface area contributed by atoms with Gasteiger partial charge in [0, 0.05) is 13.5 Å². The van der Waals surface area contributed by atoms with Crippen molar-refractivity contribution in [2.75, 3.05) is 5.75 Å². The molecule has 7 heteroatoms. The lowest BCUT2D eigenvalue weighted by molar-refractivity contribution is -0.116. The van der Waals surface area contributed by atoms with Gasteiger partial charge in [-0.05, 0) is 11.6 Å². The van der Waals surface area contributed by atoms with E-state index >= 15 is 0 Å². The molecule has 0 amide bonds. The number of halogens is 1. The van der Waals surface area contributed by atoms with Crippen molar-refractivity contribution >= 4 is 17.5 Å². The summed E-state index contributed by atoms with van der Waals surface area (Å²) in [6, 6.07) is 6.18. The lowest BCUT2D eigenvalue weighted by atomic mass is 10.1. The Hall–Kier alpha value is -1.89. The van der Waals surface area contributed by atoms with Crippen LogP contribution in [0.2, 0.25) is 0 Å². The number of benzene rings is 1. The molecule has 0 aliphatic carbocycles. The average molecular weight is 281 g/mol. The van der Waals surface area contributed by atoms with E-state index in [0.29, 0.717) is 10.7 Å². The SMILES string of the molecule is Cn1c(SCC(=O)Cc2ccccc2F)n[nH]c1=O. The predicted octanol–water partition coefficient (Wildman–Crippen LogP) is 1.15. The average Bonchev–Trinajstić information content (AvgIpc) is 2.70. The molecule has 0 bridgehead atoms. The molecule has 1 N–H and O–H groups in total. The molecular formula is C12H12FN3O2S. The molecule has 5 nitrogen and oxygen atoms in total. The fraction of sp³-hybridized carbons (Fsp3) is 0.250. The second kappa shape index (κ2) is 5.83. The van der Waals surface area contributed by atoms with Crippen molar-refractivity contribution in [3.63, 3.8) is 0 Å². The van der Waals surface area contributed by atoms with Gasteiger partial charge in [0.2, 0.25) is 0 Å². The standard InChI is InChI=1S/C12H12FN3O2S/c1-16-11(18)14-15-12(16)19-7-9(17)6-8-4-2-3-5-10(8)13/h2-5H,6-7H2,1H3,(H,14,18). The Morgan fingerprint density at radius 2 is 2.21 bits per heavy atom. The van der Waals surface area contributed by atoms with E-state index in [-0.39, 0.29) is 29.5 Å². The lowest BCUT2D eigenvalue weighted by Gasteiger charge is -2.02. The van der Waals surface area contributed by atoms with Crippen LogP contribution in [0.25, 0.3) is 0 Å². The van der Waals surface area contributed by atoms with Crippen LogP contribution in [0.15, 0.2) is 34.2 Å². The maximum Gasteiger partial charge on any atom is 0.343 e. The predicted molar refractivity (Wildman–Crippen MR) is 69.7 cm³/mol. The van der Waals surface area contributed by atoms with Crippen LogP contribution in [-0.2, 0) is 18.3 Å². The van der Waals surface area contributed by atoms with Gasteiger partial charge in [-0.1, -0.05) is 30.0 Å². The number of H-pyrrole nitrogens is 1. The van der Waals surface area contributed by atoms with Crippen molar-refractivity contribution in [2.24, 2.45) is 7.05 Å². The monoisotopic (exact) mass is 281 g/mol. The largest absolute Gasteiger partial charge is 0.343 e. The molecule has 0 fully saturated rings. The number of hydrogen-bond donors (Lipinski definition) is 1. The van der Waals surface area contributed by atoms with Crippen LogP contribution in [0.4, 0.5) is 4.39 Å². The van der Waals surface area contributed by atoms with E-state index in [9.17, 15) is 14.0 Å². The van der Waals surface area contributed by atoms with Crippen molar-refractivity contribution in [3.8, 4) is 0 Å². The molecule has 1 aromatic carbocycles. The highest BCUT2D eigenvalue weighted by atomic mass is 32.2. The summed E-state index contributed by atoms with van der Waals surface area (Å²) in [7, 11) is 1.56. The molecule has 19 heavy (non-hydrogen) atoms. The number of rotatable bonds is 5. The first-order chi connectivity index (χ1) is 9.08. The Bertz CT molecular complexity index is 650. The third-order valence-corrected chi connectivity index (χ3v) is 3.64. The van der Waals surface area contributed by atoms with E-state index in [1.807, 2.05) is 0 Å². The molecule has 0 aliphatic rings. The summed E-state index contributed by atoms with van der Waals surface area (Å²) in [5.74, 6) is -0.356. The summed E-state index contributed by atoms with van der Waals surface area (Å²) < 4.78 is 14.7. The summed E-state index contributed by atoms with van der Waals surface area (Å²) in [6.45, 7) is 0. The first-order valence-corrected chi connectivity index (χ1v) is 6.56. The Labute approximate surface area is 112 Å². The van der Waals surface area contributed by atoms with Crippen molar-refractivity contribution < 1.29 is 9.18 Å². The first kappa shape index (κ1) is 13.5. The highest BCUT2D eigenvalue weighted by molar-refractivity contribution is 7.99. The third-order valence-electron chi connectivity index (χ3n) is 2.55. The highest BCUT2D eigenvalue weighted by Gasteiger charge is 2.11. The molecule has 0 saturated carbocycles. The number of thioether (sulfide) groups is 1. The van der Waals surface area contributed by atoms with Crippen molar-refractivity contribution in [1.29, 1.82) is 0 Å². The molecule has 0 unspecified atom stereocenters. The second-order valence-electron chi connectivity index (χ2n) is 3.97. The van der Waals surface area contributed by atoms with E-state index in [2.05, 4.69) is 10.2 Å². The van der Waals surface area contributed by atoms with E-state index in [0.717, 1.165) is 11.8 Å². The van der Waals surface area contributed by atoms with Gasteiger partial charge in [-0.15, -0.1) is 5.10 Å². The Morgan fingerprint density at radius 3 is 2.84 bits per heavy atom. The summed E-state index contributed by atoms with van der Waals surface area (Å²) in [5, 5.41) is 6.50. The van der Waals surface area contributed by atoms with Crippen LogP contribution >= 0.6 is 11.8 Å². The molecule has 0 spiro atoms. The van der Waals surface area contributed by atoms with Crippen LogP contribution in [0.3, 0.4) is 0 Å². The van der Waals surface area contributed by atoms with Gasteiger partial charge >= 0.3 is 5.69 Å². The maximum atomic E-state index is 13.4. The molecule has 0 radical (unpaired) electrons. The van der Waals surface area contributed by atoms with Gasteiger partial charge in [-0.2, -0.15) is 0 Å². The summed E-state index contributed by atoms with van der Waals surface area (Å²) >= 11 is 1.15. The minimum atomic E-state index is -0.381. The smallest absolute Gasteiger partial charge is 0.298 e. The van der Waals surface area contributed by atoms with Gasteiger partial charge < -0.3 is 0 Å². The van der Waals surface area contributed by atoms with Gasteiger partial charge in [0.25, 0.3) is 0 Å². The summed E-state index contributed by atoms with van der Waals surface area (Å²) in [4.78, 5) is 22.9. The van der Waals surface area contributed by atoms with E-state index < -0.39 is 0 Å². The number of nitrogens with zero attached hydrogens (tertiary/aromatic N) is 2. The Balaban J connectivity index is 1.94.